The first-order valence-electron chi connectivity index (χ1n) is 7.38. The number of ether oxygens (including phenoxy) is 1. The highest BCUT2D eigenvalue weighted by molar-refractivity contribution is 5.27. The maximum Gasteiger partial charge on any atom is 0.119 e. The molecule has 0 radical (unpaired) electrons. The quantitative estimate of drug-likeness (QED) is 0.887. The van der Waals surface area contributed by atoms with Crippen molar-refractivity contribution >= 4 is 0 Å². The third-order valence-corrected chi connectivity index (χ3v) is 3.70. The third kappa shape index (κ3) is 4.22. The molecule has 2 N–H and O–H groups in total. The Morgan fingerprint density at radius 2 is 2.00 bits per heavy atom. The molecule has 0 spiro atoms. The topological polar surface area (TPSA) is 38.5 Å². The number of piperidine rings is 1. The summed E-state index contributed by atoms with van der Waals surface area (Å²) in [6.07, 6.45) is 4.09. The first-order chi connectivity index (χ1) is 9.19. The molecular weight excluding hydrogens is 236 g/mol. The van der Waals surface area contributed by atoms with Gasteiger partial charge in [-0.2, -0.15) is 0 Å². The van der Waals surface area contributed by atoms with Crippen molar-refractivity contribution in [2.75, 3.05) is 13.1 Å². The molecule has 3 nitrogen and oxygen atoms in total. The number of nitrogens with zero attached hydrogens (tertiary/aromatic N) is 1. The first-order valence-corrected chi connectivity index (χ1v) is 7.38. The van der Waals surface area contributed by atoms with E-state index in [1.165, 1.54) is 31.4 Å². The molecule has 2 rings (SSSR count). The van der Waals surface area contributed by atoms with Crippen LogP contribution in [0.5, 0.6) is 5.75 Å². The first kappa shape index (κ1) is 14.4. The molecule has 1 aliphatic rings. The number of likely N-dealkylation sites (tertiary alicyclic amines) is 1. The van der Waals surface area contributed by atoms with Crippen LogP contribution in [0.1, 0.15) is 38.7 Å². The van der Waals surface area contributed by atoms with Crippen LogP contribution in [0.15, 0.2) is 24.3 Å². The average molecular weight is 262 g/mol. The van der Waals surface area contributed by atoms with Crippen LogP contribution in [0.4, 0.5) is 0 Å². The Hall–Kier alpha value is -1.06. The predicted molar refractivity (Wildman–Crippen MR) is 79.3 cm³/mol. The van der Waals surface area contributed by atoms with Gasteiger partial charge in [0, 0.05) is 19.1 Å². The van der Waals surface area contributed by atoms with Gasteiger partial charge in [0.1, 0.15) is 5.75 Å². The second-order valence-electron chi connectivity index (χ2n) is 5.67. The fourth-order valence-corrected chi connectivity index (χ4v) is 2.72. The molecule has 106 valence electrons. The van der Waals surface area contributed by atoms with E-state index in [1.54, 1.807) is 0 Å². The Labute approximate surface area is 116 Å². The summed E-state index contributed by atoms with van der Waals surface area (Å²) in [6, 6.07) is 9.02. The Morgan fingerprint density at radius 3 is 2.63 bits per heavy atom. The smallest absolute Gasteiger partial charge is 0.119 e. The van der Waals surface area contributed by atoms with Gasteiger partial charge >= 0.3 is 0 Å². The molecule has 3 heteroatoms. The molecular formula is C16H26N2O. The van der Waals surface area contributed by atoms with Gasteiger partial charge in [-0.3, -0.25) is 4.90 Å². The van der Waals surface area contributed by atoms with Crippen molar-refractivity contribution < 1.29 is 4.74 Å². The van der Waals surface area contributed by atoms with Gasteiger partial charge in [0.2, 0.25) is 0 Å². The Bertz CT molecular complexity index is 375. The summed E-state index contributed by atoms with van der Waals surface area (Å²) < 4.78 is 5.67. The molecule has 0 amide bonds. The van der Waals surface area contributed by atoms with E-state index in [2.05, 4.69) is 29.2 Å². The molecule has 1 unspecified atom stereocenters. The number of hydrogen-bond acceptors (Lipinski definition) is 3. The summed E-state index contributed by atoms with van der Waals surface area (Å²) in [7, 11) is 0. The van der Waals surface area contributed by atoms with E-state index in [0.29, 0.717) is 6.04 Å². The molecule has 1 heterocycles. The van der Waals surface area contributed by atoms with Crippen molar-refractivity contribution in [1.82, 2.24) is 4.90 Å². The largest absolute Gasteiger partial charge is 0.491 e. The highest BCUT2D eigenvalue weighted by Gasteiger charge is 2.20. The van der Waals surface area contributed by atoms with E-state index in [0.717, 1.165) is 18.8 Å². The highest BCUT2D eigenvalue weighted by atomic mass is 16.5. The van der Waals surface area contributed by atoms with E-state index < -0.39 is 0 Å². The lowest BCUT2D eigenvalue weighted by atomic mass is 10.0. The van der Waals surface area contributed by atoms with Gasteiger partial charge in [-0.25, -0.2) is 0 Å². The maximum atomic E-state index is 5.86. The molecule has 1 aromatic carbocycles. The van der Waals surface area contributed by atoms with Gasteiger partial charge in [0.05, 0.1) is 6.10 Å². The van der Waals surface area contributed by atoms with Gasteiger partial charge in [0.15, 0.2) is 0 Å². The number of benzene rings is 1. The summed E-state index contributed by atoms with van der Waals surface area (Å²) in [4.78, 5) is 2.52. The van der Waals surface area contributed by atoms with E-state index in [4.69, 9.17) is 10.5 Å². The molecule has 19 heavy (non-hydrogen) atoms. The van der Waals surface area contributed by atoms with Crippen molar-refractivity contribution in [1.29, 1.82) is 0 Å². The monoisotopic (exact) mass is 262 g/mol. The van der Waals surface area contributed by atoms with Crippen LogP contribution in [0.25, 0.3) is 0 Å². The van der Waals surface area contributed by atoms with Crippen LogP contribution in [-0.4, -0.2) is 30.1 Å². The van der Waals surface area contributed by atoms with Crippen LogP contribution < -0.4 is 10.5 Å². The average Bonchev–Trinajstić information content (AvgIpc) is 2.41. The molecule has 1 atom stereocenters. The molecule has 1 fully saturated rings. The van der Waals surface area contributed by atoms with Crippen molar-refractivity contribution in [3.05, 3.63) is 29.8 Å². The van der Waals surface area contributed by atoms with Crippen molar-refractivity contribution in [2.45, 2.75) is 51.8 Å². The summed E-state index contributed by atoms with van der Waals surface area (Å²) in [6.45, 7) is 7.05. The molecule has 0 aliphatic carbocycles. The number of nitrogens with two attached hydrogens (primary N) is 1. The third-order valence-electron chi connectivity index (χ3n) is 3.70. The van der Waals surface area contributed by atoms with Gasteiger partial charge in [-0.15, -0.1) is 0 Å². The minimum atomic E-state index is 0.231. The molecule has 1 aromatic rings. The molecule has 0 aromatic heterocycles. The van der Waals surface area contributed by atoms with Crippen LogP contribution in [0.3, 0.4) is 0 Å². The lowest BCUT2D eigenvalue weighted by molar-refractivity contribution is 0.145. The number of rotatable bonds is 5. The van der Waals surface area contributed by atoms with Crippen LogP contribution in [-0.2, 0) is 6.54 Å². The minimum absolute atomic E-state index is 0.231. The normalized spacial score (nSPS) is 20.7. The standard InChI is InChI=1S/C16H26N2O/c1-13(2)19-16-8-6-14(7-9-16)12-18-10-4-3-5-15(18)11-17/h6-9,13,15H,3-5,10-12,17H2,1-2H3. The second-order valence-corrected chi connectivity index (χ2v) is 5.67. The zero-order valence-corrected chi connectivity index (χ0v) is 12.1. The van der Waals surface area contributed by atoms with Gasteiger partial charge in [0.25, 0.3) is 0 Å². The lowest BCUT2D eigenvalue weighted by Gasteiger charge is -2.35. The SMILES string of the molecule is CC(C)Oc1ccc(CN2CCCCC2CN)cc1. The van der Waals surface area contributed by atoms with E-state index in [1.807, 2.05) is 13.8 Å². The van der Waals surface area contributed by atoms with E-state index in [-0.39, 0.29) is 6.10 Å². The summed E-state index contributed by atoms with van der Waals surface area (Å²) in [5, 5.41) is 0. The van der Waals surface area contributed by atoms with E-state index in [9.17, 15) is 0 Å². The highest BCUT2D eigenvalue weighted by Crippen LogP contribution is 2.20. The molecule has 0 bridgehead atoms. The van der Waals surface area contributed by atoms with E-state index >= 15 is 0 Å². The van der Waals surface area contributed by atoms with Crippen molar-refractivity contribution in [3.8, 4) is 5.75 Å². The van der Waals surface area contributed by atoms with Crippen LogP contribution >= 0.6 is 0 Å². The van der Waals surface area contributed by atoms with Gasteiger partial charge in [-0.1, -0.05) is 18.6 Å². The zero-order valence-electron chi connectivity index (χ0n) is 12.1. The molecule has 1 aliphatic heterocycles. The zero-order chi connectivity index (χ0) is 13.7. The van der Waals surface area contributed by atoms with Crippen molar-refractivity contribution in [3.63, 3.8) is 0 Å². The Kier molecular flexibility index (Phi) is 5.23. The molecule has 0 saturated carbocycles. The lowest BCUT2D eigenvalue weighted by Crippen LogP contribution is -2.43. The fourth-order valence-electron chi connectivity index (χ4n) is 2.72. The van der Waals surface area contributed by atoms with Crippen LogP contribution in [0.2, 0.25) is 0 Å². The fraction of sp³-hybridized carbons (Fsp3) is 0.625. The summed E-state index contributed by atoms with van der Waals surface area (Å²) >= 11 is 0. The van der Waals surface area contributed by atoms with Crippen LogP contribution in [0, 0.1) is 0 Å². The van der Waals surface area contributed by atoms with Gasteiger partial charge in [-0.05, 0) is 50.9 Å². The minimum Gasteiger partial charge on any atom is -0.491 e. The summed E-state index contributed by atoms with van der Waals surface area (Å²) in [5.41, 5.74) is 7.21. The Morgan fingerprint density at radius 1 is 1.26 bits per heavy atom. The molecule has 1 saturated heterocycles. The Balaban J connectivity index is 1.94. The number of hydrogen-bond donors (Lipinski definition) is 1. The maximum absolute atomic E-state index is 5.86. The van der Waals surface area contributed by atoms with Gasteiger partial charge < -0.3 is 10.5 Å². The summed E-state index contributed by atoms with van der Waals surface area (Å²) in [5.74, 6) is 0.952. The predicted octanol–water partition coefficient (Wildman–Crippen LogP) is 2.79. The van der Waals surface area contributed by atoms with Crippen molar-refractivity contribution in [2.24, 2.45) is 5.73 Å². The second kappa shape index (κ2) is 6.92.